The van der Waals surface area contributed by atoms with Crippen molar-refractivity contribution >= 4 is 51.4 Å². The number of nitro groups is 1. The number of hydrogen-bond acceptors (Lipinski definition) is 20. The van der Waals surface area contributed by atoms with Gasteiger partial charge in [-0.05, 0) is 86.8 Å². The van der Waals surface area contributed by atoms with Crippen molar-refractivity contribution in [1.82, 2.24) is 19.6 Å². The number of ether oxygens (including phenoxy) is 6. The molecule has 7 N–H and O–H groups in total. The second-order valence-electron chi connectivity index (χ2n) is 21.9. The van der Waals surface area contributed by atoms with Gasteiger partial charge >= 0.3 is 20.0 Å². The number of fused-ring (bicyclic) bond motifs is 2. The van der Waals surface area contributed by atoms with Crippen LogP contribution in [0, 0.1) is 22.0 Å². The standard InChI is InChI=1S/C28H38N3O11PS.C28H35N3O10S/c29-20-9-6-12-22(16-20)44(36,37)31(41-21-10-4-5-11-21)17-25(42-43(33,34)35)24(15-19-7-2-1-3-8-19)30-28(32)40-26-18-39-27-23(26)13-14-38-27;32-25(17-30(41-21-10-4-5-11-21)42(36,37)22-12-6-9-20(16-22)31(34)35)24(15-19-7-2-1-3-8-19)29-28(33)40-26-18-39-27-23(26)13-14-38-27/h1-3,6-9,12,16,21,23-27H,4-5,10-11,13-15,17-18,29H2,(H,30,32)(H2,33,34,35);1-3,6-9,12,16,21,23-27,32H,4-5,10-11,13-15,17-18H2,(H,29,33)/t2*23-,24-,25+,26-,27+/m00/s1. The summed E-state index contributed by atoms with van der Waals surface area (Å²) in [4.78, 5) is 68.0. The fraction of sp³-hybridized carbons (Fsp3) is 0.536. The Hall–Kier alpha value is -5.73. The number of carbonyl (C=O) groups is 2. The minimum Gasteiger partial charge on any atom is -0.443 e. The number of nitro benzene ring substituents is 1. The number of hydrogen-bond donors (Lipinski definition) is 6. The molecule has 4 aromatic carbocycles. The lowest BCUT2D eigenvalue weighted by Crippen LogP contribution is -2.52. The van der Waals surface area contributed by atoms with Crippen molar-refractivity contribution < 1.29 is 93.4 Å². The molecule has 2 aliphatic carbocycles. The highest BCUT2D eigenvalue weighted by Gasteiger charge is 2.46. The molecule has 0 bridgehead atoms. The van der Waals surface area contributed by atoms with Crippen molar-refractivity contribution in [2.75, 3.05) is 45.3 Å². The highest BCUT2D eigenvalue weighted by molar-refractivity contribution is 7.89. The molecule has 2 saturated carbocycles. The molecule has 0 spiro atoms. The van der Waals surface area contributed by atoms with E-state index in [2.05, 4.69) is 10.6 Å². The molecule has 470 valence electrons. The van der Waals surface area contributed by atoms with Gasteiger partial charge in [0.2, 0.25) is 0 Å². The van der Waals surface area contributed by atoms with E-state index in [1.165, 1.54) is 42.5 Å². The van der Waals surface area contributed by atoms with E-state index in [0.717, 1.165) is 37.3 Å². The maximum atomic E-state index is 13.9. The number of nitrogen functional groups attached to an aromatic ring is 1. The molecule has 4 aliphatic heterocycles. The SMILES string of the molecule is Nc1cccc(S(=O)(=O)N(C[C@@H](OP(=O)(O)O)[C@H](Cc2ccccc2)NC(=O)O[C@H]2CO[C@H]3OCC[C@H]32)OC2CCCC2)c1.O=C(N[C@@H](Cc1ccccc1)[C@H](O)CN(OC1CCCC1)S(=O)(=O)c1cccc([N+](=O)[O-])c1)O[C@H]1CO[C@H]2OCC[C@H]21. The Kier molecular flexibility index (Phi) is 22.2. The highest BCUT2D eigenvalue weighted by atomic mass is 32.2. The molecule has 6 aliphatic rings. The van der Waals surface area contributed by atoms with E-state index >= 15 is 0 Å². The number of anilines is 1. The zero-order valence-corrected chi connectivity index (χ0v) is 49.4. The van der Waals surface area contributed by atoms with Gasteiger partial charge in [-0.3, -0.25) is 24.3 Å². The fourth-order valence-corrected chi connectivity index (χ4v) is 14.5. The number of nitrogens with two attached hydrogens (primary N) is 1. The smallest absolute Gasteiger partial charge is 0.443 e. The molecule has 10 rings (SSSR count). The van der Waals surface area contributed by atoms with E-state index in [4.69, 9.17) is 48.4 Å². The molecule has 0 aromatic heterocycles. The average molecular weight is 1260 g/mol. The number of phosphoric acid groups is 1. The summed E-state index contributed by atoms with van der Waals surface area (Å²) in [6, 6.07) is 26.1. The summed E-state index contributed by atoms with van der Waals surface area (Å²) in [5.41, 5.74) is 7.15. The molecule has 30 heteroatoms. The Morgan fingerprint density at radius 3 is 1.60 bits per heavy atom. The number of nitrogens with zero attached hydrogens (tertiary/aromatic N) is 3. The zero-order chi connectivity index (χ0) is 61.0. The van der Waals surface area contributed by atoms with E-state index < -0.39 is 125 Å². The van der Waals surface area contributed by atoms with Gasteiger partial charge < -0.3 is 59.7 Å². The minimum atomic E-state index is -5.22. The first-order valence-corrected chi connectivity index (χ1v) is 33.0. The number of sulfonamides is 2. The molecule has 4 saturated heterocycles. The van der Waals surface area contributed by atoms with Crippen molar-refractivity contribution in [2.45, 2.75) is 148 Å². The van der Waals surface area contributed by atoms with Crippen LogP contribution in [-0.2, 0) is 80.1 Å². The predicted octanol–water partition coefficient (Wildman–Crippen LogP) is 5.63. The molecule has 4 heterocycles. The van der Waals surface area contributed by atoms with Crippen LogP contribution in [0.4, 0.5) is 21.0 Å². The van der Waals surface area contributed by atoms with E-state index in [1.807, 2.05) is 30.3 Å². The van der Waals surface area contributed by atoms with Gasteiger partial charge in [0.15, 0.2) is 12.6 Å². The van der Waals surface area contributed by atoms with Gasteiger partial charge in [0.1, 0.15) is 18.3 Å². The Labute approximate surface area is 498 Å². The van der Waals surface area contributed by atoms with Crippen molar-refractivity contribution in [3.8, 4) is 0 Å². The largest absolute Gasteiger partial charge is 0.469 e. The topological polar surface area (TPSA) is 363 Å². The monoisotopic (exact) mass is 1260 g/mol. The van der Waals surface area contributed by atoms with Gasteiger partial charge in [-0.15, -0.1) is 0 Å². The number of non-ortho nitro benzene ring substituents is 1. The van der Waals surface area contributed by atoms with Gasteiger partial charge in [-0.25, -0.2) is 31.0 Å². The first-order valence-electron chi connectivity index (χ1n) is 28.6. The molecule has 10 atom stereocenters. The number of aliphatic hydroxyl groups excluding tert-OH is 1. The first-order chi connectivity index (χ1) is 41.2. The van der Waals surface area contributed by atoms with Gasteiger partial charge in [0.25, 0.3) is 25.7 Å². The van der Waals surface area contributed by atoms with Crippen LogP contribution < -0.4 is 16.4 Å². The van der Waals surface area contributed by atoms with E-state index in [1.54, 1.807) is 30.3 Å². The zero-order valence-electron chi connectivity index (χ0n) is 46.9. The second-order valence-corrected chi connectivity index (χ2v) is 26.7. The molecule has 2 amide bonds. The Morgan fingerprint density at radius 1 is 0.651 bits per heavy atom. The summed E-state index contributed by atoms with van der Waals surface area (Å²) >= 11 is 0. The van der Waals surface area contributed by atoms with Crippen molar-refractivity contribution in [3.05, 3.63) is 130 Å². The van der Waals surface area contributed by atoms with Crippen LogP contribution in [-0.4, -0.2) is 159 Å². The first kappa shape index (κ1) is 64.7. The van der Waals surface area contributed by atoms with E-state index in [0.29, 0.717) is 66.2 Å². The summed E-state index contributed by atoms with van der Waals surface area (Å²) in [7, 11) is -14.0. The number of rotatable bonds is 25. The van der Waals surface area contributed by atoms with Gasteiger partial charge in [-0.2, -0.15) is 0 Å². The van der Waals surface area contributed by atoms with Crippen LogP contribution in [0.15, 0.2) is 119 Å². The van der Waals surface area contributed by atoms with Crippen LogP contribution >= 0.6 is 7.82 Å². The van der Waals surface area contributed by atoms with E-state index in [9.17, 15) is 56.0 Å². The maximum absolute atomic E-state index is 13.9. The molecule has 86 heavy (non-hydrogen) atoms. The number of hydroxylamine groups is 2. The number of amides is 2. The second kappa shape index (κ2) is 29.5. The number of carbonyl (C=O) groups excluding carboxylic acids is 2. The van der Waals surface area contributed by atoms with Crippen molar-refractivity contribution in [3.63, 3.8) is 0 Å². The quantitative estimate of drug-likeness (QED) is 0.0203. The van der Waals surface area contributed by atoms with Crippen LogP contribution in [0.2, 0.25) is 0 Å². The molecular formula is C56H73N6O21PS2. The number of aliphatic hydroxyl groups is 1. The van der Waals surface area contributed by atoms with Crippen molar-refractivity contribution in [2.24, 2.45) is 11.8 Å². The Balaban J connectivity index is 0.000000206. The van der Waals surface area contributed by atoms with Crippen LogP contribution in [0.1, 0.15) is 75.3 Å². The average Bonchev–Trinajstić information content (AvgIpc) is 2.28. The normalized spacial score (nSPS) is 23.9. The lowest BCUT2D eigenvalue weighted by Gasteiger charge is -2.33. The number of nitrogens with one attached hydrogen (secondary N) is 2. The van der Waals surface area contributed by atoms with Crippen LogP contribution in [0.5, 0.6) is 0 Å². The molecular weight excluding hydrogens is 1190 g/mol. The molecule has 27 nitrogen and oxygen atoms in total. The molecule has 0 unspecified atom stereocenters. The lowest BCUT2D eigenvalue weighted by molar-refractivity contribution is -0.385. The minimum absolute atomic E-state index is 0.0204. The fourth-order valence-electron chi connectivity index (χ4n) is 11.3. The third kappa shape index (κ3) is 17.5. The lowest BCUT2D eigenvalue weighted by atomic mass is 10.0. The summed E-state index contributed by atoms with van der Waals surface area (Å²) in [6.45, 7) is 0.118. The number of phosphoric ester groups is 1. The summed E-state index contributed by atoms with van der Waals surface area (Å²) in [6.07, 6.45) is -0.118. The molecule has 4 aromatic rings. The Bertz CT molecular complexity index is 3180. The Morgan fingerprint density at radius 2 is 1.12 bits per heavy atom. The van der Waals surface area contributed by atoms with Crippen LogP contribution in [0.25, 0.3) is 0 Å². The number of alkyl carbamates (subject to hydrolysis) is 2. The van der Waals surface area contributed by atoms with E-state index in [-0.39, 0.29) is 53.4 Å². The summed E-state index contributed by atoms with van der Waals surface area (Å²) in [5, 5.41) is 28.1. The van der Waals surface area contributed by atoms with Crippen LogP contribution in [0.3, 0.4) is 0 Å². The highest BCUT2D eigenvalue weighted by Crippen LogP contribution is 2.40. The third-order valence-electron chi connectivity index (χ3n) is 15.7. The summed E-state index contributed by atoms with van der Waals surface area (Å²) in [5.74, 6) is -0.224. The van der Waals surface area contributed by atoms with Gasteiger partial charge in [-0.1, -0.05) is 107 Å². The third-order valence-corrected chi connectivity index (χ3v) is 19.5. The van der Waals surface area contributed by atoms with Gasteiger partial charge in [0.05, 0.1) is 96.5 Å². The number of benzene rings is 4. The summed E-state index contributed by atoms with van der Waals surface area (Å²) < 4.78 is 107. The van der Waals surface area contributed by atoms with Crippen molar-refractivity contribution in [1.29, 1.82) is 0 Å². The van der Waals surface area contributed by atoms with Gasteiger partial charge in [0, 0.05) is 17.8 Å². The maximum Gasteiger partial charge on any atom is 0.469 e. The molecule has 6 fully saturated rings. The predicted molar refractivity (Wildman–Crippen MR) is 304 cm³/mol. The molecule has 0 radical (unpaired) electrons.